The lowest BCUT2D eigenvalue weighted by Gasteiger charge is -2.32. The van der Waals surface area contributed by atoms with Gasteiger partial charge in [0, 0.05) is 31.2 Å². The van der Waals surface area contributed by atoms with Crippen molar-refractivity contribution in [1.82, 2.24) is 24.6 Å². The highest BCUT2D eigenvalue weighted by atomic mass is 16.2. The van der Waals surface area contributed by atoms with Gasteiger partial charge in [-0.05, 0) is 44.9 Å². The van der Waals surface area contributed by atoms with Gasteiger partial charge >= 0.3 is 0 Å². The van der Waals surface area contributed by atoms with Crippen LogP contribution in [-0.2, 0) is 17.9 Å². The van der Waals surface area contributed by atoms with Crippen LogP contribution in [-0.4, -0.2) is 50.1 Å². The molecule has 25 heavy (non-hydrogen) atoms. The lowest BCUT2D eigenvalue weighted by molar-refractivity contribution is -0.131. The molecule has 3 aliphatic rings. The number of fused-ring (bicyclic) bond motifs is 1. The van der Waals surface area contributed by atoms with Gasteiger partial charge in [-0.15, -0.1) is 10.2 Å². The van der Waals surface area contributed by atoms with Crippen LogP contribution >= 0.6 is 0 Å². The van der Waals surface area contributed by atoms with Crippen LogP contribution in [0.4, 0.5) is 0 Å². The molecule has 0 N–H and O–H groups in total. The maximum absolute atomic E-state index is 12.9. The molecule has 0 spiro atoms. The van der Waals surface area contributed by atoms with Gasteiger partial charge in [-0.1, -0.05) is 13.0 Å². The Labute approximate surface area is 149 Å². The molecule has 0 aromatic carbocycles. The summed E-state index contributed by atoms with van der Waals surface area (Å²) in [6.45, 7) is 6.04. The lowest BCUT2D eigenvalue weighted by Crippen LogP contribution is -2.43. The molecule has 1 aromatic rings. The molecular formula is C19H29N5O. The van der Waals surface area contributed by atoms with Crippen molar-refractivity contribution in [2.24, 2.45) is 0 Å². The van der Waals surface area contributed by atoms with Crippen molar-refractivity contribution < 1.29 is 4.79 Å². The van der Waals surface area contributed by atoms with Gasteiger partial charge in [0.2, 0.25) is 5.91 Å². The summed E-state index contributed by atoms with van der Waals surface area (Å²) < 4.78 is 2.28. The van der Waals surface area contributed by atoms with E-state index in [2.05, 4.69) is 32.7 Å². The van der Waals surface area contributed by atoms with E-state index in [-0.39, 0.29) is 5.91 Å². The van der Waals surface area contributed by atoms with E-state index in [9.17, 15) is 4.79 Å². The number of hydrogen-bond acceptors (Lipinski definition) is 4. The molecule has 6 heteroatoms. The van der Waals surface area contributed by atoms with E-state index in [1.165, 1.54) is 37.2 Å². The first kappa shape index (κ1) is 16.8. The molecule has 4 rings (SSSR count). The molecule has 1 amide bonds. The van der Waals surface area contributed by atoms with Crippen LogP contribution in [0.15, 0.2) is 11.8 Å². The smallest absolute Gasteiger partial charge is 0.240 e. The number of aromatic nitrogens is 3. The first-order valence-electron chi connectivity index (χ1n) is 9.90. The summed E-state index contributed by atoms with van der Waals surface area (Å²) >= 11 is 0. The first-order valence-corrected chi connectivity index (χ1v) is 9.90. The molecular weight excluding hydrogens is 314 g/mol. The van der Waals surface area contributed by atoms with Crippen LogP contribution in [0.2, 0.25) is 0 Å². The summed E-state index contributed by atoms with van der Waals surface area (Å²) in [4.78, 5) is 17.2. The van der Waals surface area contributed by atoms with Gasteiger partial charge in [-0.2, -0.15) is 0 Å². The van der Waals surface area contributed by atoms with Gasteiger partial charge in [0.05, 0.1) is 13.1 Å². The molecule has 2 aliphatic carbocycles. The van der Waals surface area contributed by atoms with E-state index in [0.717, 1.165) is 51.3 Å². The molecule has 0 radical (unpaired) electrons. The fraction of sp³-hybridized carbons (Fsp3) is 0.737. The van der Waals surface area contributed by atoms with Gasteiger partial charge in [-0.25, -0.2) is 0 Å². The van der Waals surface area contributed by atoms with Gasteiger partial charge < -0.3 is 9.47 Å². The molecule has 0 bridgehead atoms. The zero-order chi connectivity index (χ0) is 17.2. The van der Waals surface area contributed by atoms with Gasteiger partial charge in [0.25, 0.3) is 0 Å². The minimum atomic E-state index is 0.241. The molecule has 1 aliphatic heterocycles. The highest BCUT2D eigenvalue weighted by Crippen LogP contribution is 2.39. The monoisotopic (exact) mass is 343 g/mol. The van der Waals surface area contributed by atoms with Crippen molar-refractivity contribution in [2.75, 3.05) is 19.6 Å². The molecule has 6 nitrogen and oxygen atoms in total. The average Bonchev–Trinajstić information content (AvgIpc) is 3.40. The zero-order valence-corrected chi connectivity index (χ0v) is 15.3. The first-order chi connectivity index (χ1) is 12.3. The summed E-state index contributed by atoms with van der Waals surface area (Å²) in [6.07, 6.45) is 10.4. The number of nitrogens with zero attached hydrogens (tertiary/aromatic N) is 5. The van der Waals surface area contributed by atoms with E-state index < -0.39 is 0 Å². The summed E-state index contributed by atoms with van der Waals surface area (Å²) in [5.41, 5.74) is 1.24. The zero-order valence-electron chi connectivity index (χ0n) is 15.3. The van der Waals surface area contributed by atoms with Crippen LogP contribution < -0.4 is 0 Å². The van der Waals surface area contributed by atoms with Crippen LogP contribution in [0.3, 0.4) is 0 Å². The molecule has 1 aromatic heterocycles. The standard InChI is InChI=1S/C19H29N5O/c1-2-10-23(16-6-4-3-5-7-16)18(25)14-22-11-12-24-17(13-22)20-21-19(24)15-8-9-15/h6,15H,2-5,7-14H2,1H3. The van der Waals surface area contributed by atoms with Crippen LogP contribution in [0.1, 0.15) is 69.4 Å². The Hall–Kier alpha value is -1.69. The summed E-state index contributed by atoms with van der Waals surface area (Å²) in [5.74, 6) is 3.07. The predicted octanol–water partition coefficient (Wildman–Crippen LogP) is 2.67. The second-order valence-corrected chi connectivity index (χ2v) is 7.60. The average molecular weight is 343 g/mol. The molecule has 1 saturated carbocycles. The summed E-state index contributed by atoms with van der Waals surface area (Å²) in [5, 5.41) is 8.77. The number of carbonyl (C=O) groups excluding carboxylic acids is 1. The Balaban J connectivity index is 1.40. The van der Waals surface area contributed by atoms with Crippen LogP contribution in [0.5, 0.6) is 0 Å². The Morgan fingerprint density at radius 3 is 2.88 bits per heavy atom. The van der Waals surface area contributed by atoms with E-state index in [0.29, 0.717) is 12.5 Å². The highest BCUT2D eigenvalue weighted by Gasteiger charge is 2.32. The van der Waals surface area contributed by atoms with Crippen LogP contribution in [0, 0.1) is 0 Å². The minimum absolute atomic E-state index is 0.241. The number of hydrogen-bond donors (Lipinski definition) is 0. The third-order valence-corrected chi connectivity index (χ3v) is 5.52. The Morgan fingerprint density at radius 1 is 1.28 bits per heavy atom. The van der Waals surface area contributed by atoms with Crippen molar-refractivity contribution in [3.05, 3.63) is 23.4 Å². The van der Waals surface area contributed by atoms with Crippen LogP contribution in [0.25, 0.3) is 0 Å². The summed E-state index contributed by atoms with van der Waals surface area (Å²) in [7, 11) is 0. The normalized spacial score (nSPS) is 20.9. The fourth-order valence-corrected chi connectivity index (χ4v) is 4.00. The molecule has 1 fully saturated rings. The molecule has 2 heterocycles. The van der Waals surface area contributed by atoms with Crippen molar-refractivity contribution in [1.29, 1.82) is 0 Å². The topological polar surface area (TPSA) is 54.3 Å². The van der Waals surface area contributed by atoms with E-state index in [1.807, 2.05) is 4.90 Å². The van der Waals surface area contributed by atoms with Crippen molar-refractivity contribution in [3.8, 4) is 0 Å². The second-order valence-electron chi connectivity index (χ2n) is 7.60. The van der Waals surface area contributed by atoms with E-state index in [1.54, 1.807) is 0 Å². The van der Waals surface area contributed by atoms with Crippen molar-refractivity contribution in [3.63, 3.8) is 0 Å². The molecule has 0 saturated heterocycles. The SMILES string of the molecule is CCCN(C(=O)CN1CCn2c(nnc2C2CC2)C1)C1=CCCCC1. The van der Waals surface area contributed by atoms with E-state index >= 15 is 0 Å². The van der Waals surface area contributed by atoms with Gasteiger partial charge in [-0.3, -0.25) is 9.69 Å². The predicted molar refractivity (Wildman–Crippen MR) is 95.8 cm³/mol. The quantitative estimate of drug-likeness (QED) is 0.797. The van der Waals surface area contributed by atoms with Gasteiger partial charge in [0.1, 0.15) is 11.6 Å². The third kappa shape index (κ3) is 3.64. The number of amides is 1. The summed E-state index contributed by atoms with van der Waals surface area (Å²) in [6, 6.07) is 0. The maximum Gasteiger partial charge on any atom is 0.240 e. The number of rotatable bonds is 6. The molecule has 0 unspecified atom stereocenters. The molecule has 0 atom stereocenters. The maximum atomic E-state index is 12.9. The fourth-order valence-electron chi connectivity index (χ4n) is 4.00. The Kier molecular flexibility index (Phi) is 4.88. The largest absolute Gasteiger partial charge is 0.315 e. The minimum Gasteiger partial charge on any atom is -0.315 e. The highest BCUT2D eigenvalue weighted by molar-refractivity contribution is 5.80. The number of allylic oxidation sites excluding steroid dienone is 2. The lowest BCUT2D eigenvalue weighted by atomic mass is 10.0. The Morgan fingerprint density at radius 2 is 2.16 bits per heavy atom. The Bertz CT molecular complexity index is 661. The van der Waals surface area contributed by atoms with E-state index in [4.69, 9.17) is 0 Å². The third-order valence-electron chi connectivity index (χ3n) is 5.52. The number of carbonyl (C=O) groups is 1. The van der Waals surface area contributed by atoms with Crippen molar-refractivity contribution in [2.45, 2.75) is 70.9 Å². The second kappa shape index (κ2) is 7.28. The van der Waals surface area contributed by atoms with Crippen molar-refractivity contribution >= 4 is 5.91 Å². The van der Waals surface area contributed by atoms with Gasteiger partial charge in [0.15, 0.2) is 0 Å². The molecule has 136 valence electrons.